The van der Waals surface area contributed by atoms with E-state index < -0.39 is 0 Å². The van der Waals surface area contributed by atoms with Crippen molar-refractivity contribution in [2.75, 3.05) is 24.3 Å². The van der Waals surface area contributed by atoms with Crippen LogP contribution in [0.1, 0.15) is 24.2 Å². The van der Waals surface area contributed by atoms with E-state index in [9.17, 15) is 4.79 Å². The highest BCUT2D eigenvalue weighted by atomic mass is 35.5. The summed E-state index contributed by atoms with van der Waals surface area (Å²) in [5.74, 6) is 6.61. The van der Waals surface area contributed by atoms with Crippen LogP contribution in [0.25, 0.3) is 0 Å². The zero-order chi connectivity index (χ0) is 14.0. The van der Waals surface area contributed by atoms with Crippen molar-refractivity contribution in [2.45, 2.75) is 18.6 Å². The van der Waals surface area contributed by atoms with Crippen LogP contribution in [-0.4, -0.2) is 39.4 Å². The van der Waals surface area contributed by atoms with Gasteiger partial charge in [0.15, 0.2) is 0 Å². The lowest BCUT2D eigenvalue weighted by Gasteiger charge is -2.37. The molecule has 1 aromatic rings. The van der Waals surface area contributed by atoms with Gasteiger partial charge in [0.25, 0.3) is 5.91 Å². The van der Waals surface area contributed by atoms with Crippen LogP contribution < -0.4 is 11.3 Å². The zero-order valence-electron chi connectivity index (χ0n) is 10.9. The first-order valence-electron chi connectivity index (χ1n) is 5.99. The van der Waals surface area contributed by atoms with Gasteiger partial charge in [0, 0.05) is 29.2 Å². The van der Waals surface area contributed by atoms with Gasteiger partial charge in [-0.15, -0.1) is 0 Å². The minimum absolute atomic E-state index is 0.0332. The SMILES string of the molecule is CC1(C)CN(C(=O)c2cc(Cl)nc(NN)c2)CCS1. The van der Waals surface area contributed by atoms with Crippen molar-refractivity contribution < 1.29 is 4.79 Å². The molecule has 0 radical (unpaired) electrons. The summed E-state index contributed by atoms with van der Waals surface area (Å²) < 4.78 is 0.0830. The molecule has 0 spiro atoms. The predicted octanol–water partition coefficient (Wildman–Crippen LogP) is 1.99. The van der Waals surface area contributed by atoms with Crippen molar-refractivity contribution in [3.8, 4) is 0 Å². The number of anilines is 1. The number of aromatic nitrogens is 1. The van der Waals surface area contributed by atoms with E-state index in [0.717, 1.165) is 18.8 Å². The number of thioether (sulfide) groups is 1. The van der Waals surface area contributed by atoms with Gasteiger partial charge in [-0.1, -0.05) is 11.6 Å². The molecular formula is C12H17ClN4OS. The molecule has 1 aliphatic heterocycles. The van der Waals surface area contributed by atoms with Gasteiger partial charge in [0.05, 0.1) is 0 Å². The summed E-state index contributed by atoms with van der Waals surface area (Å²) in [4.78, 5) is 18.3. The molecule has 1 aromatic heterocycles. The number of nitrogens with two attached hydrogens (primary N) is 1. The first-order chi connectivity index (χ1) is 8.91. The Bertz CT molecular complexity index is 495. The van der Waals surface area contributed by atoms with Crippen molar-refractivity contribution >= 4 is 35.1 Å². The van der Waals surface area contributed by atoms with Crippen molar-refractivity contribution in [1.29, 1.82) is 0 Å². The molecule has 19 heavy (non-hydrogen) atoms. The number of nitrogens with zero attached hydrogens (tertiary/aromatic N) is 2. The van der Waals surface area contributed by atoms with Crippen LogP contribution in [0.5, 0.6) is 0 Å². The molecule has 0 aromatic carbocycles. The second-order valence-corrected chi connectivity index (χ2v) is 7.23. The first kappa shape index (κ1) is 14.4. The number of pyridine rings is 1. The van der Waals surface area contributed by atoms with Crippen molar-refractivity contribution in [2.24, 2.45) is 5.84 Å². The van der Waals surface area contributed by atoms with Gasteiger partial charge in [-0.2, -0.15) is 11.8 Å². The third-order valence-corrected chi connectivity index (χ3v) is 4.39. The summed E-state index contributed by atoms with van der Waals surface area (Å²) in [7, 11) is 0. The largest absolute Gasteiger partial charge is 0.336 e. The topological polar surface area (TPSA) is 71.2 Å². The summed E-state index contributed by atoms with van der Waals surface area (Å²) in [6.07, 6.45) is 0. The smallest absolute Gasteiger partial charge is 0.254 e. The highest BCUT2D eigenvalue weighted by Crippen LogP contribution is 2.30. The number of carbonyl (C=O) groups is 1. The summed E-state index contributed by atoms with van der Waals surface area (Å²) in [5, 5.41) is 0.254. The lowest BCUT2D eigenvalue weighted by molar-refractivity contribution is 0.0748. The third kappa shape index (κ3) is 3.52. The van der Waals surface area contributed by atoms with Crippen LogP contribution >= 0.6 is 23.4 Å². The van der Waals surface area contributed by atoms with E-state index in [4.69, 9.17) is 17.4 Å². The lowest BCUT2D eigenvalue weighted by Crippen LogP contribution is -2.46. The molecule has 1 aliphatic rings. The summed E-state index contributed by atoms with van der Waals surface area (Å²) in [5.41, 5.74) is 2.92. The van der Waals surface area contributed by atoms with E-state index in [-0.39, 0.29) is 15.8 Å². The third-order valence-electron chi connectivity index (χ3n) is 2.90. The molecule has 0 bridgehead atoms. The number of halogens is 1. The van der Waals surface area contributed by atoms with Gasteiger partial charge in [0.1, 0.15) is 11.0 Å². The Labute approximate surface area is 121 Å². The molecule has 0 unspecified atom stereocenters. The maximum atomic E-state index is 12.5. The number of hydrazine groups is 1. The Kier molecular flexibility index (Phi) is 4.23. The Morgan fingerprint density at radius 3 is 2.95 bits per heavy atom. The highest BCUT2D eigenvalue weighted by molar-refractivity contribution is 8.00. The fraction of sp³-hybridized carbons (Fsp3) is 0.500. The molecule has 3 N–H and O–H groups in total. The van der Waals surface area contributed by atoms with Crippen LogP contribution in [-0.2, 0) is 0 Å². The molecule has 0 saturated carbocycles. The number of rotatable bonds is 2. The van der Waals surface area contributed by atoms with Crippen molar-refractivity contribution in [3.05, 3.63) is 22.8 Å². The normalized spacial score (nSPS) is 18.2. The van der Waals surface area contributed by atoms with Crippen LogP contribution in [0, 0.1) is 0 Å². The number of nitrogens with one attached hydrogen (secondary N) is 1. The average molecular weight is 301 g/mol. The molecule has 2 rings (SSSR count). The molecule has 0 atom stereocenters. The Hall–Kier alpha value is -0.980. The Morgan fingerprint density at radius 1 is 1.58 bits per heavy atom. The zero-order valence-corrected chi connectivity index (χ0v) is 12.5. The fourth-order valence-electron chi connectivity index (χ4n) is 2.07. The van der Waals surface area contributed by atoms with Gasteiger partial charge in [0.2, 0.25) is 0 Å². The number of nitrogen functional groups attached to an aromatic ring is 1. The second kappa shape index (κ2) is 5.56. The molecule has 0 aliphatic carbocycles. The van der Waals surface area contributed by atoms with Crippen molar-refractivity contribution in [1.82, 2.24) is 9.88 Å². The van der Waals surface area contributed by atoms with Crippen LogP contribution in [0.15, 0.2) is 12.1 Å². The Morgan fingerprint density at radius 2 is 2.32 bits per heavy atom. The molecule has 1 saturated heterocycles. The standard InChI is InChI=1S/C12H17ClN4OS/c1-12(2)7-17(3-4-19-12)11(18)8-5-9(13)15-10(6-8)16-14/h5-6H,3-4,7,14H2,1-2H3,(H,15,16). The van der Waals surface area contributed by atoms with E-state index in [2.05, 4.69) is 24.3 Å². The molecular weight excluding hydrogens is 284 g/mol. The predicted molar refractivity (Wildman–Crippen MR) is 79.5 cm³/mol. The Balaban J connectivity index is 2.21. The molecule has 1 fully saturated rings. The molecule has 104 valence electrons. The maximum absolute atomic E-state index is 12.5. The lowest BCUT2D eigenvalue weighted by atomic mass is 10.1. The number of hydrogen-bond donors (Lipinski definition) is 2. The van der Waals surface area contributed by atoms with Gasteiger partial charge in [-0.3, -0.25) is 4.79 Å². The first-order valence-corrected chi connectivity index (χ1v) is 7.35. The molecule has 1 amide bonds. The molecule has 7 heteroatoms. The minimum atomic E-state index is -0.0332. The monoisotopic (exact) mass is 300 g/mol. The average Bonchev–Trinajstić information content (AvgIpc) is 2.35. The van der Waals surface area contributed by atoms with E-state index >= 15 is 0 Å². The quantitative estimate of drug-likeness (QED) is 0.496. The van der Waals surface area contributed by atoms with Gasteiger partial charge < -0.3 is 10.3 Å². The summed E-state index contributed by atoms with van der Waals surface area (Å²) in [6, 6.07) is 3.18. The van der Waals surface area contributed by atoms with Gasteiger partial charge >= 0.3 is 0 Å². The van der Waals surface area contributed by atoms with Crippen LogP contribution in [0.2, 0.25) is 5.15 Å². The summed E-state index contributed by atoms with van der Waals surface area (Å²) >= 11 is 7.77. The van der Waals surface area contributed by atoms with E-state index in [0.29, 0.717) is 11.4 Å². The van der Waals surface area contributed by atoms with Crippen LogP contribution in [0.4, 0.5) is 5.82 Å². The van der Waals surface area contributed by atoms with E-state index in [1.807, 2.05) is 16.7 Å². The van der Waals surface area contributed by atoms with Crippen LogP contribution in [0.3, 0.4) is 0 Å². The maximum Gasteiger partial charge on any atom is 0.254 e. The number of amides is 1. The van der Waals surface area contributed by atoms with Gasteiger partial charge in [-0.05, 0) is 26.0 Å². The van der Waals surface area contributed by atoms with E-state index in [1.54, 1.807) is 12.1 Å². The summed E-state index contributed by atoms with van der Waals surface area (Å²) in [6.45, 7) is 5.76. The number of hydrogen-bond acceptors (Lipinski definition) is 5. The second-order valence-electron chi connectivity index (χ2n) is 5.04. The molecule has 2 heterocycles. The van der Waals surface area contributed by atoms with Gasteiger partial charge in [-0.25, -0.2) is 10.8 Å². The van der Waals surface area contributed by atoms with E-state index in [1.165, 1.54) is 0 Å². The highest BCUT2D eigenvalue weighted by Gasteiger charge is 2.30. The molecule has 5 nitrogen and oxygen atoms in total. The minimum Gasteiger partial charge on any atom is -0.336 e. The van der Waals surface area contributed by atoms with Crippen molar-refractivity contribution in [3.63, 3.8) is 0 Å². The fourth-order valence-corrected chi connectivity index (χ4v) is 3.39. The number of carbonyl (C=O) groups excluding carboxylic acids is 1.